The van der Waals surface area contributed by atoms with Gasteiger partial charge in [-0.25, -0.2) is 0 Å². The summed E-state index contributed by atoms with van der Waals surface area (Å²) in [6.45, 7) is 9.75. The molecular weight excluding hydrogens is 122 g/mol. The van der Waals surface area contributed by atoms with Crippen molar-refractivity contribution >= 4 is 0 Å². The maximum Gasteiger partial charge on any atom is 0.00388 e. The Morgan fingerprint density at radius 2 is 1.70 bits per heavy atom. The quantitative estimate of drug-likeness (QED) is 0.533. The molecule has 0 bridgehead atoms. The lowest BCUT2D eigenvalue weighted by Crippen LogP contribution is -2.30. The Hall–Kier alpha value is -0.0400. The first-order valence-electron chi connectivity index (χ1n) is 4.44. The van der Waals surface area contributed by atoms with Crippen LogP contribution in [0.5, 0.6) is 0 Å². The lowest BCUT2D eigenvalue weighted by Gasteiger charge is -2.22. The third kappa shape index (κ3) is 0.800. The van der Waals surface area contributed by atoms with Crippen LogP contribution in [0.3, 0.4) is 0 Å². The van der Waals surface area contributed by atoms with Crippen LogP contribution < -0.4 is 0 Å². The fourth-order valence-electron chi connectivity index (χ4n) is 2.28. The average molecular weight is 139 g/mol. The van der Waals surface area contributed by atoms with Gasteiger partial charge >= 0.3 is 0 Å². The molecule has 58 valence electrons. The van der Waals surface area contributed by atoms with Crippen molar-refractivity contribution in [3.63, 3.8) is 0 Å². The zero-order valence-corrected chi connectivity index (χ0v) is 7.17. The number of rotatable bonds is 1. The molecule has 1 aliphatic heterocycles. The van der Waals surface area contributed by atoms with E-state index in [-0.39, 0.29) is 0 Å². The molecule has 3 atom stereocenters. The summed E-state index contributed by atoms with van der Waals surface area (Å²) in [4.78, 5) is 2.61. The van der Waals surface area contributed by atoms with E-state index in [1.165, 1.54) is 13.1 Å². The summed E-state index contributed by atoms with van der Waals surface area (Å²) in [5.74, 6) is 3.19. The third-order valence-electron chi connectivity index (χ3n) is 3.38. The molecule has 2 rings (SSSR count). The normalized spacial score (nSPS) is 46.2. The number of likely N-dealkylation sites (tertiary alicyclic amines) is 1. The van der Waals surface area contributed by atoms with Gasteiger partial charge in [0.1, 0.15) is 0 Å². The molecule has 1 aliphatic carbocycles. The summed E-state index contributed by atoms with van der Waals surface area (Å²) in [6, 6.07) is 0.778. The second-order valence-electron chi connectivity index (χ2n) is 4.23. The van der Waals surface area contributed by atoms with Gasteiger partial charge < -0.3 is 4.90 Å². The van der Waals surface area contributed by atoms with Crippen LogP contribution in [0, 0.1) is 17.8 Å². The summed E-state index contributed by atoms with van der Waals surface area (Å²) in [5, 5.41) is 0. The first-order chi connectivity index (χ1) is 4.70. The fourth-order valence-corrected chi connectivity index (χ4v) is 2.28. The standard InChI is InChI=1S/C9H17N/c1-6(2)10-4-8-7(3)9(8)5-10/h6-9H,4-5H2,1-3H3/t7-,8+,9-. The van der Waals surface area contributed by atoms with Crippen LogP contribution in [0.2, 0.25) is 0 Å². The van der Waals surface area contributed by atoms with Gasteiger partial charge in [-0.05, 0) is 31.6 Å². The monoisotopic (exact) mass is 139 g/mol. The highest BCUT2D eigenvalue weighted by Gasteiger charge is 2.52. The first-order valence-corrected chi connectivity index (χ1v) is 4.44. The molecule has 10 heavy (non-hydrogen) atoms. The van der Waals surface area contributed by atoms with Gasteiger partial charge in [0, 0.05) is 19.1 Å². The van der Waals surface area contributed by atoms with E-state index < -0.39 is 0 Å². The molecule has 1 saturated heterocycles. The molecule has 0 amide bonds. The zero-order chi connectivity index (χ0) is 7.30. The van der Waals surface area contributed by atoms with Gasteiger partial charge in [0.05, 0.1) is 0 Å². The van der Waals surface area contributed by atoms with Gasteiger partial charge in [-0.15, -0.1) is 0 Å². The van der Waals surface area contributed by atoms with E-state index in [1.54, 1.807) is 0 Å². The molecule has 0 radical (unpaired) electrons. The van der Waals surface area contributed by atoms with Crippen molar-refractivity contribution in [2.45, 2.75) is 26.8 Å². The van der Waals surface area contributed by atoms with E-state index in [2.05, 4.69) is 25.7 Å². The number of hydrogen-bond acceptors (Lipinski definition) is 1. The van der Waals surface area contributed by atoms with E-state index in [9.17, 15) is 0 Å². The molecule has 1 nitrogen and oxygen atoms in total. The van der Waals surface area contributed by atoms with Crippen molar-refractivity contribution in [1.29, 1.82) is 0 Å². The summed E-state index contributed by atoms with van der Waals surface area (Å²) in [6.07, 6.45) is 0. The molecule has 2 aliphatic rings. The van der Waals surface area contributed by atoms with Crippen molar-refractivity contribution in [3.05, 3.63) is 0 Å². The SMILES string of the molecule is CC(C)N1C[C@@H]2[C@H](C)[C@@H]2C1. The minimum atomic E-state index is 0.778. The highest BCUT2D eigenvalue weighted by Crippen LogP contribution is 2.51. The van der Waals surface area contributed by atoms with Crippen molar-refractivity contribution in [3.8, 4) is 0 Å². The highest BCUT2D eigenvalue weighted by atomic mass is 15.2. The number of piperidine rings is 1. The van der Waals surface area contributed by atoms with Crippen LogP contribution in [-0.2, 0) is 0 Å². The second kappa shape index (κ2) is 1.97. The Morgan fingerprint density at radius 1 is 1.20 bits per heavy atom. The number of fused-ring (bicyclic) bond motifs is 1. The first kappa shape index (κ1) is 6.66. The molecule has 0 N–H and O–H groups in total. The minimum absolute atomic E-state index is 0.778. The van der Waals surface area contributed by atoms with Gasteiger partial charge in [0.2, 0.25) is 0 Å². The van der Waals surface area contributed by atoms with Crippen molar-refractivity contribution in [1.82, 2.24) is 4.90 Å². The van der Waals surface area contributed by atoms with Crippen LogP contribution >= 0.6 is 0 Å². The Morgan fingerprint density at radius 3 is 2.10 bits per heavy atom. The summed E-state index contributed by atoms with van der Waals surface area (Å²) in [5.41, 5.74) is 0. The Labute approximate surface area is 63.4 Å². The summed E-state index contributed by atoms with van der Waals surface area (Å²) >= 11 is 0. The molecule has 0 unspecified atom stereocenters. The van der Waals surface area contributed by atoms with Crippen molar-refractivity contribution in [2.75, 3.05) is 13.1 Å². The molecule has 1 heterocycles. The molecule has 1 heteroatoms. The largest absolute Gasteiger partial charge is 0.300 e. The van der Waals surface area contributed by atoms with Gasteiger partial charge in [-0.3, -0.25) is 0 Å². The van der Waals surface area contributed by atoms with Gasteiger partial charge in [0.15, 0.2) is 0 Å². The molecule has 2 fully saturated rings. The highest BCUT2D eigenvalue weighted by molar-refractivity contribution is 5.03. The van der Waals surface area contributed by atoms with Crippen molar-refractivity contribution < 1.29 is 0 Å². The van der Waals surface area contributed by atoms with Crippen LogP contribution in [0.25, 0.3) is 0 Å². The molecule has 0 aromatic heterocycles. The van der Waals surface area contributed by atoms with E-state index in [1.807, 2.05) is 0 Å². The maximum absolute atomic E-state index is 2.61. The van der Waals surface area contributed by atoms with E-state index in [0.717, 1.165) is 23.8 Å². The molecule has 0 spiro atoms. The molecule has 1 saturated carbocycles. The smallest absolute Gasteiger partial charge is 0.00388 e. The van der Waals surface area contributed by atoms with Gasteiger partial charge in [0.25, 0.3) is 0 Å². The predicted molar refractivity (Wildman–Crippen MR) is 42.9 cm³/mol. The zero-order valence-electron chi connectivity index (χ0n) is 7.17. The van der Waals surface area contributed by atoms with Gasteiger partial charge in [-0.2, -0.15) is 0 Å². The van der Waals surface area contributed by atoms with Crippen LogP contribution in [0.15, 0.2) is 0 Å². The van der Waals surface area contributed by atoms with Crippen molar-refractivity contribution in [2.24, 2.45) is 17.8 Å². The lowest BCUT2D eigenvalue weighted by atomic mass is 10.2. The van der Waals surface area contributed by atoms with E-state index in [0.29, 0.717) is 0 Å². The van der Waals surface area contributed by atoms with Gasteiger partial charge in [-0.1, -0.05) is 6.92 Å². The number of hydrogen-bond donors (Lipinski definition) is 0. The average Bonchev–Trinajstić information content (AvgIpc) is 2.38. The molecule has 0 aromatic rings. The summed E-state index contributed by atoms with van der Waals surface area (Å²) in [7, 11) is 0. The van der Waals surface area contributed by atoms with Crippen LogP contribution in [0.4, 0.5) is 0 Å². The molecular formula is C9H17N. The van der Waals surface area contributed by atoms with Crippen LogP contribution in [0.1, 0.15) is 20.8 Å². The third-order valence-corrected chi connectivity index (χ3v) is 3.38. The van der Waals surface area contributed by atoms with Crippen LogP contribution in [-0.4, -0.2) is 24.0 Å². The second-order valence-corrected chi connectivity index (χ2v) is 4.23. The Kier molecular flexibility index (Phi) is 1.31. The number of nitrogens with zero attached hydrogens (tertiary/aromatic N) is 1. The van der Waals surface area contributed by atoms with E-state index >= 15 is 0 Å². The summed E-state index contributed by atoms with van der Waals surface area (Å²) < 4.78 is 0. The predicted octanol–water partition coefficient (Wildman–Crippen LogP) is 1.59. The maximum atomic E-state index is 2.61. The minimum Gasteiger partial charge on any atom is -0.300 e. The topological polar surface area (TPSA) is 3.24 Å². The Bertz CT molecular complexity index is 130. The fraction of sp³-hybridized carbons (Fsp3) is 1.00. The Balaban J connectivity index is 1.89. The lowest BCUT2D eigenvalue weighted by molar-refractivity contribution is 0.236. The van der Waals surface area contributed by atoms with E-state index in [4.69, 9.17) is 0 Å². The molecule has 0 aromatic carbocycles.